The highest BCUT2D eigenvalue weighted by Crippen LogP contribution is 2.31. The second-order valence-electron chi connectivity index (χ2n) is 5.99. The van der Waals surface area contributed by atoms with Gasteiger partial charge >= 0.3 is 0 Å². The molecule has 1 amide bonds. The number of rotatable bonds is 4. The Kier molecular flexibility index (Phi) is 5.43. The van der Waals surface area contributed by atoms with E-state index >= 15 is 0 Å². The summed E-state index contributed by atoms with van der Waals surface area (Å²) in [5.41, 5.74) is 1.64. The molecule has 0 N–H and O–H groups in total. The van der Waals surface area contributed by atoms with Crippen molar-refractivity contribution in [3.63, 3.8) is 0 Å². The Morgan fingerprint density at radius 2 is 1.92 bits per heavy atom. The number of hydrogen-bond donors (Lipinski definition) is 0. The van der Waals surface area contributed by atoms with E-state index in [1.165, 1.54) is 12.1 Å². The maximum atomic E-state index is 13.2. The first-order valence-electron chi connectivity index (χ1n) is 8.17. The van der Waals surface area contributed by atoms with Crippen molar-refractivity contribution in [2.75, 3.05) is 38.2 Å². The lowest BCUT2D eigenvalue weighted by molar-refractivity contribution is -0.130. The minimum absolute atomic E-state index is 0.0170. The van der Waals surface area contributed by atoms with Gasteiger partial charge in [-0.05, 0) is 35.9 Å². The fraction of sp³-hybridized carbons (Fsp3) is 0.316. The van der Waals surface area contributed by atoms with Crippen molar-refractivity contribution in [1.82, 2.24) is 4.90 Å². The number of methoxy groups -OCH3 is 1. The molecule has 0 radical (unpaired) electrons. The molecule has 132 valence electrons. The number of amides is 1. The standard InChI is InChI=1S/C19H20ClFN2O2/c1-25-18-6-5-15(20)13-17(18)22-7-9-23(10-8-22)19(24)12-14-3-2-4-16(21)11-14/h2-6,11,13H,7-10,12H2,1H3. The molecule has 1 aliphatic rings. The zero-order valence-electron chi connectivity index (χ0n) is 14.0. The summed E-state index contributed by atoms with van der Waals surface area (Å²) in [6, 6.07) is 11.7. The normalized spacial score (nSPS) is 14.5. The molecule has 1 aliphatic heterocycles. The van der Waals surface area contributed by atoms with Gasteiger partial charge in [-0.2, -0.15) is 0 Å². The van der Waals surface area contributed by atoms with Gasteiger partial charge in [0.2, 0.25) is 5.91 Å². The van der Waals surface area contributed by atoms with E-state index in [1.54, 1.807) is 25.3 Å². The van der Waals surface area contributed by atoms with Crippen molar-refractivity contribution >= 4 is 23.2 Å². The van der Waals surface area contributed by atoms with Crippen LogP contribution in [0.4, 0.5) is 10.1 Å². The lowest BCUT2D eigenvalue weighted by Crippen LogP contribution is -2.49. The number of nitrogens with zero attached hydrogens (tertiary/aromatic N) is 2. The summed E-state index contributed by atoms with van der Waals surface area (Å²) >= 11 is 6.10. The van der Waals surface area contributed by atoms with Crippen LogP contribution in [0, 0.1) is 5.82 Å². The summed E-state index contributed by atoms with van der Waals surface area (Å²) in [5.74, 6) is 0.468. The zero-order chi connectivity index (χ0) is 17.8. The molecular formula is C19H20ClFN2O2. The van der Waals surface area contributed by atoms with Gasteiger partial charge in [0.15, 0.2) is 0 Å². The number of benzene rings is 2. The fourth-order valence-corrected chi connectivity index (χ4v) is 3.21. The zero-order valence-corrected chi connectivity index (χ0v) is 14.8. The van der Waals surface area contributed by atoms with Crippen LogP contribution in [0.25, 0.3) is 0 Å². The second-order valence-corrected chi connectivity index (χ2v) is 6.43. The molecule has 2 aromatic rings. The van der Waals surface area contributed by atoms with Crippen molar-refractivity contribution in [1.29, 1.82) is 0 Å². The molecule has 0 unspecified atom stereocenters. The van der Waals surface area contributed by atoms with E-state index in [-0.39, 0.29) is 18.1 Å². The van der Waals surface area contributed by atoms with Crippen molar-refractivity contribution in [2.24, 2.45) is 0 Å². The SMILES string of the molecule is COc1ccc(Cl)cc1N1CCN(C(=O)Cc2cccc(F)c2)CC1. The highest BCUT2D eigenvalue weighted by molar-refractivity contribution is 6.30. The first-order valence-corrected chi connectivity index (χ1v) is 8.55. The molecule has 25 heavy (non-hydrogen) atoms. The van der Waals surface area contributed by atoms with Gasteiger partial charge in [0, 0.05) is 31.2 Å². The van der Waals surface area contributed by atoms with E-state index < -0.39 is 0 Å². The molecule has 4 nitrogen and oxygen atoms in total. The van der Waals surface area contributed by atoms with Crippen LogP contribution < -0.4 is 9.64 Å². The Bertz CT molecular complexity index is 761. The summed E-state index contributed by atoms with van der Waals surface area (Å²) < 4.78 is 18.7. The van der Waals surface area contributed by atoms with Crippen LogP contribution in [0.5, 0.6) is 5.75 Å². The average Bonchev–Trinajstić information content (AvgIpc) is 2.62. The molecule has 1 heterocycles. The van der Waals surface area contributed by atoms with E-state index in [9.17, 15) is 9.18 Å². The van der Waals surface area contributed by atoms with E-state index in [2.05, 4.69) is 4.90 Å². The third kappa shape index (κ3) is 4.23. The molecular weight excluding hydrogens is 343 g/mol. The summed E-state index contributed by atoms with van der Waals surface area (Å²) in [5, 5.41) is 0.653. The molecule has 0 aromatic heterocycles. The topological polar surface area (TPSA) is 32.8 Å². The number of ether oxygens (including phenoxy) is 1. The number of hydrogen-bond acceptors (Lipinski definition) is 3. The third-order valence-electron chi connectivity index (χ3n) is 4.36. The Morgan fingerprint density at radius 3 is 2.60 bits per heavy atom. The van der Waals surface area contributed by atoms with Crippen LogP contribution in [-0.4, -0.2) is 44.1 Å². The number of anilines is 1. The lowest BCUT2D eigenvalue weighted by Gasteiger charge is -2.36. The van der Waals surface area contributed by atoms with Crippen molar-refractivity contribution < 1.29 is 13.9 Å². The van der Waals surface area contributed by atoms with Gasteiger partial charge in [-0.15, -0.1) is 0 Å². The monoisotopic (exact) mass is 362 g/mol. The number of carbonyl (C=O) groups is 1. The second kappa shape index (κ2) is 7.74. The molecule has 0 atom stereocenters. The van der Waals surface area contributed by atoms with Crippen LogP contribution in [0.15, 0.2) is 42.5 Å². The minimum atomic E-state index is -0.317. The maximum absolute atomic E-state index is 13.2. The Hall–Kier alpha value is -2.27. The van der Waals surface area contributed by atoms with Gasteiger partial charge in [-0.25, -0.2) is 4.39 Å². The third-order valence-corrected chi connectivity index (χ3v) is 4.59. The largest absolute Gasteiger partial charge is 0.495 e. The number of halogens is 2. The highest BCUT2D eigenvalue weighted by atomic mass is 35.5. The number of piperazine rings is 1. The molecule has 6 heteroatoms. The van der Waals surface area contributed by atoms with Crippen molar-refractivity contribution in [3.05, 3.63) is 58.9 Å². The molecule has 0 bridgehead atoms. The first kappa shape index (κ1) is 17.5. The minimum Gasteiger partial charge on any atom is -0.495 e. The summed E-state index contributed by atoms with van der Waals surface area (Å²) in [4.78, 5) is 16.4. The van der Waals surface area contributed by atoms with Crippen molar-refractivity contribution in [3.8, 4) is 5.75 Å². The van der Waals surface area contributed by atoms with Gasteiger partial charge in [-0.3, -0.25) is 4.79 Å². The van der Waals surface area contributed by atoms with Gasteiger partial charge in [0.05, 0.1) is 19.2 Å². The van der Waals surface area contributed by atoms with Gasteiger partial charge in [-0.1, -0.05) is 23.7 Å². The van der Waals surface area contributed by atoms with Gasteiger partial charge in [0.25, 0.3) is 0 Å². The van der Waals surface area contributed by atoms with Crippen LogP contribution in [0.1, 0.15) is 5.56 Å². The van der Waals surface area contributed by atoms with E-state index in [0.29, 0.717) is 36.8 Å². The summed E-state index contributed by atoms with van der Waals surface area (Å²) in [6.45, 7) is 2.63. The van der Waals surface area contributed by atoms with Crippen molar-refractivity contribution in [2.45, 2.75) is 6.42 Å². The quantitative estimate of drug-likeness (QED) is 0.836. The van der Waals surface area contributed by atoms with Gasteiger partial charge in [0.1, 0.15) is 11.6 Å². The predicted molar refractivity (Wildman–Crippen MR) is 96.9 cm³/mol. The maximum Gasteiger partial charge on any atom is 0.227 e. The van der Waals surface area contributed by atoms with E-state index in [0.717, 1.165) is 11.4 Å². The Labute approximate surface area is 151 Å². The summed E-state index contributed by atoms with van der Waals surface area (Å²) in [7, 11) is 1.63. The smallest absolute Gasteiger partial charge is 0.227 e. The van der Waals surface area contributed by atoms with E-state index in [4.69, 9.17) is 16.3 Å². The first-order chi connectivity index (χ1) is 12.1. The molecule has 0 aliphatic carbocycles. The van der Waals surface area contributed by atoms with E-state index in [1.807, 2.05) is 17.0 Å². The average molecular weight is 363 g/mol. The molecule has 0 saturated carbocycles. The van der Waals surface area contributed by atoms with Crippen LogP contribution >= 0.6 is 11.6 Å². The van der Waals surface area contributed by atoms with Crippen LogP contribution in [-0.2, 0) is 11.2 Å². The van der Waals surface area contributed by atoms with Gasteiger partial charge < -0.3 is 14.5 Å². The molecule has 0 spiro atoms. The molecule has 3 rings (SSSR count). The van der Waals surface area contributed by atoms with Crippen LogP contribution in [0.3, 0.4) is 0 Å². The Balaban J connectivity index is 1.62. The highest BCUT2D eigenvalue weighted by Gasteiger charge is 2.23. The lowest BCUT2D eigenvalue weighted by atomic mass is 10.1. The fourth-order valence-electron chi connectivity index (χ4n) is 3.04. The molecule has 1 saturated heterocycles. The number of carbonyl (C=O) groups excluding carboxylic acids is 1. The predicted octanol–water partition coefficient (Wildman–Crippen LogP) is 3.38. The molecule has 1 fully saturated rings. The van der Waals surface area contributed by atoms with Crippen LogP contribution in [0.2, 0.25) is 5.02 Å². The summed E-state index contributed by atoms with van der Waals surface area (Å²) in [6.07, 6.45) is 0.220. The molecule has 2 aromatic carbocycles. The Morgan fingerprint density at radius 1 is 1.16 bits per heavy atom.